The van der Waals surface area contributed by atoms with Gasteiger partial charge in [0.15, 0.2) is 5.82 Å². The first-order valence-corrected chi connectivity index (χ1v) is 11.4. The van der Waals surface area contributed by atoms with E-state index in [0.29, 0.717) is 12.5 Å². The number of aliphatic carboxylic acids is 2. The van der Waals surface area contributed by atoms with E-state index in [4.69, 9.17) is 24.5 Å². The first-order chi connectivity index (χ1) is 17.8. The lowest BCUT2D eigenvalue weighted by Gasteiger charge is -2.18. The molecule has 0 saturated heterocycles. The van der Waals surface area contributed by atoms with Gasteiger partial charge in [-0.1, -0.05) is 12.1 Å². The first kappa shape index (κ1) is 30.5. The highest BCUT2D eigenvalue weighted by Crippen LogP contribution is 2.17. The largest absolute Gasteiger partial charge is 0.490 e. The number of halogens is 6. The highest BCUT2D eigenvalue weighted by Gasteiger charge is 2.38. The topological polar surface area (TPSA) is 131 Å². The first-order valence-electron chi connectivity index (χ1n) is 10.6. The number of carboxylic acids is 2. The van der Waals surface area contributed by atoms with Gasteiger partial charge in [-0.2, -0.15) is 26.3 Å². The predicted molar refractivity (Wildman–Crippen MR) is 119 cm³/mol. The van der Waals surface area contributed by atoms with E-state index in [2.05, 4.69) is 42.2 Å². The van der Waals surface area contributed by atoms with Crippen LogP contribution in [0.1, 0.15) is 16.5 Å². The Morgan fingerprint density at radius 2 is 1.61 bits per heavy atom. The fourth-order valence-electron chi connectivity index (χ4n) is 2.89. The Labute approximate surface area is 215 Å². The minimum atomic E-state index is -5.08. The van der Waals surface area contributed by atoms with Crippen LogP contribution in [0.4, 0.5) is 26.3 Å². The number of rotatable bonds is 5. The molecule has 17 heteroatoms. The van der Waals surface area contributed by atoms with Crippen LogP contribution >= 0.6 is 11.3 Å². The van der Waals surface area contributed by atoms with Crippen LogP contribution in [0.25, 0.3) is 0 Å². The van der Waals surface area contributed by atoms with Crippen molar-refractivity contribution in [3.63, 3.8) is 0 Å². The predicted octanol–water partition coefficient (Wildman–Crippen LogP) is 3.64. The third-order valence-electron chi connectivity index (χ3n) is 4.63. The molecule has 4 rings (SSSR count). The van der Waals surface area contributed by atoms with Crippen molar-refractivity contribution in [2.45, 2.75) is 38.5 Å². The van der Waals surface area contributed by atoms with Gasteiger partial charge in [0.25, 0.3) is 0 Å². The molecule has 3 aromatic heterocycles. The van der Waals surface area contributed by atoms with E-state index in [1.807, 2.05) is 29.5 Å². The number of aromatic nitrogens is 4. The summed E-state index contributed by atoms with van der Waals surface area (Å²) in [5.74, 6) is -2.99. The van der Waals surface area contributed by atoms with Crippen molar-refractivity contribution in [3.05, 3.63) is 58.4 Å². The summed E-state index contributed by atoms with van der Waals surface area (Å²) in [5.41, 5.74) is 0. The Kier molecular flexibility index (Phi) is 11.0. The molecule has 0 saturated carbocycles. The average molecular weight is 569 g/mol. The molecule has 10 nitrogen and oxygen atoms in total. The quantitative estimate of drug-likeness (QED) is 0.442. The maximum absolute atomic E-state index is 10.6. The fourth-order valence-corrected chi connectivity index (χ4v) is 3.63. The van der Waals surface area contributed by atoms with Gasteiger partial charge >= 0.3 is 24.3 Å². The standard InChI is InChI=1S/C17H19N5OS.2C2HF3O2/c1-2-7-18-17(5-1)23-13-16-20-19-15-6-8-21(9-10-22(15)16)12-14-4-3-11-24-14;2*3-2(4,5)1(6)7/h1-5,7,11H,6,8-10,12-13H2;2*(H,6,7). The summed E-state index contributed by atoms with van der Waals surface area (Å²) < 4.78 is 71.4. The third-order valence-corrected chi connectivity index (χ3v) is 5.49. The van der Waals surface area contributed by atoms with E-state index in [-0.39, 0.29) is 0 Å². The molecular weight excluding hydrogens is 548 g/mol. The van der Waals surface area contributed by atoms with Crippen LogP contribution in [0.3, 0.4) is 0 Å². The second-order valence-corrected chi connectivity index (χ2v) is 8.38. The van der Waals surface area contributed by atoms with Gasteiger partial charge in [-0.15, -0.1) is 21.5 Å². The summed E-state index contributed by atoms with van der Waals surface area (Å²) in [4.78, 5) is 25.9. The van der Waals surface area contributed by atoms with Crippen molar-refractivity contribution >= 4 is 23.3 Å². The van der Waals surface area contributed by atoms with Crippen molar-refractivity contribution in [3.8, 4) is 5.88 Å². The summed E-state index contributed by atoms with van der Waals surface area (Å²) in [7, 11) is 0. The zero-order valence-corrected chi connectivity index (χ0v) is 20.1. The van der Waals surface area contributed by atoms with Crippen molar-refractivity contribution in [2.75, 3.05) is 13.1 Å². The van der Waals surface area contributed by atoms with Gasteiger partial charge in [-0.3, -0.25) is 4.90 Å². The van der Waals surface area contributed by atoms with Crippen molar-refractivity contribution in [1.29, 1.82) is 0 Å². The van der Waals surface area contributed by atoms with Gasteiger partial charge in [0.2, 0.25) is 5.88 Å². The van der Waals surface area contributed by atoms with Crippen molar-refractivity contribution in [1.82, 2.24) is 24.6 Å². The van der Waals surface area contributed by atoms with Crippen LogP contribution in [0.15, 0.2) is 41.9 Å². The zero-order valence-electron chi connectivity index (χ0n) is 19.3. The van der Waals surface area contributed by atoms with Crippen LogP contribution in [0.5, 0.6) is 5.88 Å². The number of nitrogens with zero attached hydrogens (tertiary/aromatic N) is 5. The van der Waals surface area contributed by atoms with Crippen molar-refractivity contribution in [2.24, 2.45) is 0 Å². The molecule has 3 aromatic rings. The van der Waals surface area contributed by atoms with Crippen LogP contribution in [0, 0.1) is 0 Å². The molecule has 0 bridgehead atoms. The number of carboxylic acid groups (broad SMARTS) is 2. The smallest absolute Gasteiger partial charge is 0.475 e. The second kappa shape index (κ2) is 13.7. The lowest BCUT2D eigenvalue weighted by molar-refractivity contribution is -0.193. The van der Waals surface area contributed by atoms with E-state index in [1.54, 1.807) is 6.20 Å². The van der Waals surface area contributed by atoms with Crippen LogP contribution in [0.2, 0.25) is 0 Å². The lowest BCUT2D eigenvalue weighted by atomic mass is 10.3. The number of ether oxygens (including phenoxy) is 1. The van der Waals surface area contributed by atoms with Crippen LogP contribution in [-0.4, -0.2) is 72.2 Å². The normalized spacial score (nSPS) is 13.6. The highest BCUT2D eigenvalue weighted by molar-refractivity contribution is 7.09. The number of alkyl halides is 6. The number of carbonyl (C=O) groups is 2. The molecule has 1 aliphatic heterocycles. The molecule has 0 atom stereocenters. The maximum atomic E-state index is 10.6. The number of hydrogen-bond acceptors (Lipinski definition) is 8. The Morgan fingerprint density at radius 1 is 0.947 bits per heavy atom. The second-order valence-electron chi connectivity index (χ2n) is 7.35. The van der Waals surface area contributed by atoms with Crippen molar-refractivity contribution < 1.29 is 50.9 Å². The molecule has 0 aliphatic carbocycles. The van der Waals surface area contributed by atoms with Gasteiger partial charge in [0.1, 0.15) is 12.4 Å². The molecule has 0 radical (unpaired) electrons. The number of thiophene rings is 1. The minimum absolute atomic E-state index is 0.398. The van der Waals surface area contributed by atoms with Gasteiger partial charge in [-0.05, 0) is 17.5 Å². The molecule has 208 valence electrons. The lowest BCUT2D eigenvalue weighted by Crippen LogP contribution is -2.26. The summed E-state index contributed by atoms with van der Waals surface area (Å²) in [6.45, 7) is 4.32. The molecule has 0 fully saturated rings. The van der Waals surface area contributed by atoms with Gasteiger partial charge < -0.3 is 19.5 Å². The van der Waals surface area contributed by atoms with Crippen LogP contribution < -0.4 is 4.74 Å². The minimum Gasteiger partial charge on any atom is -0.475 e. The average Bonchev–Trinajstić information content (AvgIpc) is 3.44. The molecule has 0 amide bonds. The van der Waals surface area contributed by atoms with Crippen LogP contribution in [-0.2, 0) is 35.7 Å². The summed E-state index contributed by atoms with van der Waals surface area (Å²) in [6, 6.07) is 9.94. The van der Waals surface area contributed by atoms with E-state index < -0.39 is 24.3 Å². The van der Waals surface area contributed by atoms with Gasteiger partial charge in [-0.25, -0.2) is 14.6 Å². The van der Waals surface area contributed by atoms with Gasteiger partial charge in [0.05, 0.1) is 0 Å². The SMILES string of the molecule is O=C(O)C(F)(F)F.O=C(O)C(F)(F)F.c1ccc(OCc2nnc3n2CCN(Cc2cccs2)CC3)nc1. The number of hydrogen-bond donors (Lipinski definition) is 2. The fraction of sp³-hybridized carbons (Fsp3) is 0.381. The zero-order chi connectivity index (χ0) is 28.3. The monoisotopic (exact) mass is 569 g/mol. The molecule has 38 heavy (non-hydrogen) atoms. The molecule has 1 aliphatic rings. The maximum Gasteiger partial charge on any atom is 0.490 e. The number of fused-ring (bicyclic) bond motifs is 1. The summed E-state index contributed by atoms with van der Waals surface area (Å²) in [6.07, 6.45) is -7.52. The summed E-state index contributed by atoms with van der Waals surface area (Å²) in [5, 5.41) is 25.0. The Bertz CT molecular complexity index is 1130. The van der Waals surface area contributed by atoms with Gasteiger partial charge in [0, 0.05) is 49.7 Å². The molecule has 0 spiro atoms. The van der Waals surface area contributed by atoms with E-state index in [1.165, 1.54) is 4.88 Å². The number of pyridine rings is 1. The Morgan fingerprint density at radius 3 is 2.13 bits per heavy atom. The molecule has 0 aromatic carbocycles. The molecule has 4 heterocycles. The molecule has 2 N–H and O–H groups in total. The Hall–Kier alpha value is -3.73. The molecule has 0 unspecified atom stereocenters. The Balaban J connectivity index is 0.000000301. The van der Waals surface area contributed by atoms with E-state index >= 15 is 0 Å². The van der Waals surface area contributed by atoms with E-state index in [0.717, 1.165) is 44.2 Å². The summed E-state index contributed by atoms with van der Waals surface area (Å²) >= 11 is 1.81. The highest BCUT2D eigenvalue weighted by atomic mass is 32.1. The van der Waals surface area contributed by atoms with E-state index in [9.17, 15) is 26.3 Å². The third kappa shape index (κ3) is 10.3. The molecular formula is C21H21F6N5O5S.